The highest BCUT2D eigenvalue weighted by Crippen LogP contribution is 2.32. The van der Waals surface area contributed by atoms with Gasteiger partial charge in [0.1, 0.15) is 12.1 Å². The Labute approximate surface area is 203 Å². The van der Waals surface area contributed by atoms with E-state index in [1.54, 1.807) is 18.2 Å². The van der Waals surface area contributed by atoms with Crippen molar-refractivity contribution in [1.29, 1.82) is 0 Å². The maximum Gasteiger partial charge on any atom is 0.416 e. The van der Waals surface area contributed by atoms with Crippen molar-refractivity contribution in [1.82, 2.24) is 9.97 Å². The van der Waals surface area contributed by atoms with E-state index in [1.165, 1.54) is 42.7 Å². The summed E-state index contributed by atoms with van der Waals surface area (Å²) in [6.07, 6.45) is -3.16. The van der Waals surface area contributed by atoms with Crippen LogP contribution in [0.4, 0.5) is 36.1 Å². The van der Waals surface area contributed by atoms with E-state index in [1.807, 2.05) is 0 Å². The van der Waals surface area contributed by atoms with Gasteiger partial charge in [0.25, 0.3) is 0 Å². The zero-order valence-electron chi connectivity index (χ0n) is 17.7. The maximum absolute atomic E-state index is 13.1. The number of fused-ring (bicyclic) bond motifs is 1. The highest BCUT2D eigenvalue weighted by atomic mass is 32.2. The molecule has 0 spiro atoms. The van der Waals surface area contributed by atoms with Gasteiger partial charge in [-0.25, -0.2) is 23.5 Å². The van der Waals surface area contributed by atoms with E-state index < -0.39 is 21.8 Å². The molecular formula is C22H17F3N6O2S2. The number of hydrogen-bond donors (Lipinski definition) is 4. The van der Waals surface area contributed by atoms with Gasteiger partial charge in [-0.15, -0.1) is 0 Å². The van der Waals surface area contributed by atoms with E-state index in [0.717, 1.165) is 12.1 Å². The number of anilines is 4. The fourth-order valence-electron chi connectivity index (χ4n) is 3.17. The van der Waals surface area contributed by atoms with E-state index in [4.69, 9.17) is 17.4 Å². The summed E-state index contributed by atoms with van der Waals surface area (Å²) in [4.78, 5) is 8.33. The van der Waals surface area contributed by atoms with E-state index >= 15 is 0 Å². The number of nitrogens with one attached hydrogen (secondary N) is 3. The molecule has 0 unspecified atom stereocenters. The van der Waals surface area contributed by atoms with Crippen molar-refractivity contribution in [2.45, 2.75) is 11.1 Å². The lowest BCUT2D eigenvalue weighted by atomic mass is 10.1. The molecule has 4 rings (SSSR count). The SMILES string of the molecule is NS(=O)(=O)c1ccc(NC(=S)Nc2ccc3ncnc(Nc4cccc(C(F)(F)F)c4)c3c2)cc1. The number of thiocarbonyl (C=S) groups is 1. The van der Waals surface area contributed by atoms with Crippen LogP contribution >= 0.6 is 12.2 Å². The number of rotatable bonds is 5. The van der Waals surface area contributed by atoms with E-state index in [-0.39, 0.29) is 15.7 Å². The van der Waals surface area contributed by atoms with E-state index in [9.17, 15) is 21.6 Å². The van der Waals surface area contributed by atoms with Crippen molar-refractivity contribution in [3.8, 4) is 0 Å². The molecule has 0 aliphatic rings. The third-order valence-corrected chi connectivity index (χ3v) is 5.92. The van der Waals surface area contributed by atoms with E-state index in [2.05, 4.69) is 25.9 Å². The highest BCUT2D eigenvalue weighted by Gasteiger charge is 2.30. The van der Waals surface area contributed by atoms with Crippen LogP contribution in [0.15, 0.2) is 78.0 Å². The van der Waals surface area contributed by atoms with Gasteiger partial charge in [-0.3, -0.25) is 0 Å². The fourth-order valence-corrected chi connectivity index (χ4v) is 3.92. The minimum Gasteiger partial charge on any atom is -0.340 e. The standard InChI is InChI=1S/C22H17F3N6O2S2/c23-22(24,25)13-2-1-3-15(10-13)29-20-18-11-16(6-9-19(18)27-12-28-20)31-21(34)30-14-4-7-17(8-5-14)35(26,32)33/h1-12H,(H2,26,32,33)(H,27,28,29)(H2,30,31,34). The van der Waals surface area contributed by atoms with Crippen molar-refractivity contribution in [2.24, 2.45) is 5.14 Å². The number of halogens is 3. The summed E-state index contributed by atoms with van der Waals surface area (Å²) in [6.45, 7) is 0. The molecule has 0 fully saturated rings. The molecule has 13 heteroatoms. The van der Waals surface area contributed by atoms with E-state index in [0.29, 0.717) is 28.1 Å². The predicted molar refractivity (Wildman–Crippen MR) is 132 cm³/mol. The average molecular weight is 519 g/mol. The van der Waals surface area contributed by atoms with Crippen molar-refractivity contribution < 1.29 is 21.6 Å². The predicted octanol–water partition coefficient (Wildman–Crippen LogP) is 4.85. The number of alkyl halides is 3. The fraction of sp³-hybridized carbons (Fsp3) is 0.0455. The average Bonchev–Trinajstić information content (AvgIpc) is 2.79. The molecule has 1 aromatic heterocycles. The molecule has 180 valence electrons. The smallest absolute Gasteiger partial charge is 0.340 e. The summed E-state index contributed by atoms with van der Waals surface area (Å²) in [6, 6.07) is 15.6. The van der Waals surface area contributed by atoms with Crippen LogP contribution in [-0.2, 0) is 16.2 Å². The lowest BCUT2D eigenvalue weighted by Crippen LogP contribution is -2.19. The molecule has 5 N–H and O–H groups in total. The molecule has 0 bridgehead atoms. The Balaban J connectivity index is 1.53. The number of benzene rings is 3. The van der Waals surface area contributed by atoms with Crippen LogP contribution in [0.3, 0.4) is 0 Å². The lowest BCUT2D eigenvalue weighted by molar-refractivity contribution is -0.137. The first-order valence-corrected chi connectivity index (χ1v) is 11.8. The first-order chi connectivity index (χ1) is 16.5. The number of nitrogens with zero attached hydrogens (tertiary/aromatic N) is 2. The van der Waals surface area contributed by atoms with Gasteiger partial charge >= 0.3 is 6.18 Å². The molecule has 0 radical (unpaired) electrons. The van der Waals surface area contributed by atoms with Gasteiger partial charge in [0, 0.05) is 22.4 Å². The Morgan fingerprint density at radius 2 is 1.57 bits per heavy atom. The zero-order valence-corrected chi connectivity index (χ0v) is 19.3. The van der Waals surface area contributed by atoms with Gasteiger partial charge in [-0.2, -0.15) is 13.2 Å². The Kier molecular flexibility index (Phi) is 6.56. The van der Waals surface area contributed by atoms with Crippen molar-refractivity contribution in [3.63, 3.8) is 0 Å². The topological polar surface area (TPSA) is 122 Å². The third kappa shape index (κ3) is 6.01. The minimum atomic E-state index is -4.47. The van der Waals surface area contributed by atoms with Gasteiger partial charge in [0.05, 0.1) is 16.0 Å². The molecule has 0 saturated heterocycles. The van der Waals surface area contributed by atoms with Crippen molar-refractivity contribution >= 4 is 61.1 Å². The van der Waals surface area contributed by atoms with Gasteiger partial charge in [-0.05, 0) is 72.9 Å². The van der Waals surface area contributed by atoms with Crippen LogP contribution in [0.1, 0.15) is 5.56 Å². The minimum absolute atomic E-state index is 0.0303. The Hall–Kier alpha value is -3.81. The van der Waals surface area contributed by atoms with Gasteiger partial charge < -0.3 is 16.0 Å². The Morgan fingerprint density at radius 3 is 2.26 bits per heavy atom. The summed E-state index contributed by atoms with van der Waals surface area (Å²) in [5, 5.41) is 14.7. The first-order valence-electron chi connectivity index (χ1n) is 9.89. The van der Waals surface area contributed by atoms with Crippen LogP contribution in [-0.4, -0.2) is 23.5 Å². The second kappa shape index (κ2) is 9.44. The normalized spacial score (nSPS) is 11.8. The number of aromatic nitrogens is 2. The summed E-state index contributed by atoms with van der Waals surface area (Å²) in [5.41, 5.74) is 1.11. The van der Waals surface area contributed by atoms with Crippen LogP contribution in [0.25, 0.3) is 10.9 Å². The molecule has 0 amide bonds. The number of sulfonamides is 1. The molecule has 0 aliphatic carbocycles. The Morgan fingerprint density at radius 1 is 0.886 bits per heavy atom. The number of primary sulfonamides is 1. The van der Waals surface area contributed by atoms with Gasteiger partial charge in [0.15, 0.2) is 5.11 Å². The lowest BCUT2D eigenvalue weighted by Gasteiger charge is -2.13. The number of nitrogens with two attached hydrogens (primary N) is 1. The highest BCUT2D eigenvalue weighted by molar-refractivity contribution is 7.89. The summed E-state index contributed by atoms with van der Waals surface area (Å²) < 4.78 is 61.9. The molecule has 0 atom stereocenters. The second-order valence-corrected chi connectivity index (χ2v) is 9.28. The van der Waals surface area contributed by atoms with Crippen molar-refractivity contribution in [3.05, 3.63) is 78.6 Å². The molecule has 4 aromatic rings. The van der Waals surface area contributed by atoms with Crippen LogP contribution in [0.5, 0.6) is 0 Å². The van der Waals surface area contributed by atoms with Crippen molar-refractivity contribution in [2.75, 3.05) is 16.0 Å². The van der Waals surface area contributed by atoms with Crippen LogP contribution in [0, 0.1) is 0 Å². The molecule has 8 nitrogen and oxygen atoms in total. The number of hydrogen-bond acceptors (Lipinski definition) is 6. The monoisotopic (exact) mass is 518 g/mol. The molecule has 0 saturated carbocycles. The third-order valence-electron chi connectivity index (χ3n) is 4.79. The largest absolute Gasteiger partial charge is 0.416 e. The van der Waals surface area contributed by atoms with Crippen LogP contribution in [0.2, 0.25) is 0 Å². The van der Waals surface area contributed by atoms with Crippen LogP contribution < -0.4 is 21.1 Å². The summed E-state index contributed by atoms with van der Waals surface area (Å²) >= 11 is 5.32. The maximum atomic E-state index is 13.1. The molecule has 35 heavy (non-hydrogen) atoms. The first kappa shape index (κ1) is 24.3. The molecular weight excluding hydrogens is 501 g/mol. The zero-order chi connectivity index (χ0) is 25.2. The quantitative estimate of drug-likeness (QED) is 0.277. The summed E-state index contributed by atoms with van der Waals surface area (Å²) in [5.74, 6) is 0.315. The van der Waals surface area contributed by atoms with Gasteiger partial charge in [0.2, 0.25) is 10.0 Å². The summed E-state index contributed by atoms with van der Waals surface area (Å²) in [7, 11) is -3.80. The molecule has 0 aliphatic heterocycles. The van der Waals surface area contributed by atoms with Gasteiger partial charge in [-0.1, -0.05) is 6.07 Å². The molecule has 3 aromatic carbocycles. The Bertz CT molecular complexity index is 1510. The molecule has 1 heterocycles. The second-order valence-electron chi connectivity index (χ2n) is 7.31.